The summed E-state index contributed by atoms with van der Waals surface area (Å²) in [4.78, 5) is 33.4. The molecule has 0 fully saturated rings. The molecule has 7 nitrogen and oxygen atoms in total. The molecule has 0 heterocycles. The molecule has 7 heteroatoms. The van der Waals surface area contributed by atoms with E-state index < -0.39 is 17.9 Å². The van der Waals surface area contributed by atoms with Gasteiger partial charge in [-0.3, -0.25) is 9.59 Å². The average molecular weight is 294 g/mol. The fourth-order valence-corrected chi connectivity index (χ4v) is 1.69. The molecule has 1 aromatic rings. The van der Waals surface area contributed by atoms with E-state index in [1.807, 2.05) is 0 Å². The number of carbonyl (C=O) groups is 3. The predicted octanol–water partition coefficient (Wildman–Crippen LogP) is 0.0303. The van der Waals surface area contributed by atoms with Crippen LogP contribution in [0.25, 0.3) is 0 Å². The van der Waals surface area contributed by atoms with Crippen molar-refractivity contribution in [3.63, 3.8) is 0 Å². The Balaban J connectivity index is 2.53. The molecule has 0 saturated carbocycles. The maximum atomic E-state index is 11.6. The molecule has 0 aromatic heterocycles. The monoisotopic (exact) mass is 294 g/mol. The highest BCUT2D eigenvalue weighted by Gasteiger charge is 2.20. The Hall–Kier alpha value is -2.57. The number of phenolic OH excluding ortho intramolecular Hbond substituents is 1. The minimum absolute atomic E-state index is 0.0128. The van der Waals surface area contributed by atoms with Crippen LogP contribution in [0.3, 0.4) is 0 Å². The lowest BCUT2D eigenvalue weighted by Gasteiger charge is -2.14. The number of carboxylic acids is 1. The van der Waals surface area contributed by atoms with Gasteiger partial charge in [-0.05, 0) is 17.7 Å². The van der Waals surface area contributed by atoms with E-state index in [4.69, 9.17) is 10.2 Å². The van der Waals surface area contributed by atoms with Crippen LogP contribution in [0.5, 0.6) is 5.75 Å². The third-order valence-electron chi connectivity index (χ3n) is 2.74. The molecular formula is C14H18N2O5. The molecule has 0 bridgehead atoms. The van der Waals surface area contributed by atoms with E-state index in [1.165, 1.54) is 19.1 Å². The van der Waals surface area contributed by atoms with Crippen molar-refractivity contribution in [2.45, 2.75) is 25.8 Å². The third-order valence-corrected chi connectivity index (χ3v) is 2.74. The molecule has 1 rings (SSSR count). The summed E-state index contributed by atoms with van der Waals surface area (Å²) in [6, 6.07) is 5.03. The van der Waals surface area contributed by atoms with Crippen molar-refractivity contribution in [1.82, 2.24) is 10.6 Å². The van der Waals surface area contributed by atoms with Gasteiger partial charge >= 0.3 is 5.97 Å². The van der Waals surface area contributed by atoms with Crippen LogP contribution in [0.4, 0.5) is 0 Å². The van der Waals surface area contributed by atoms with Gasteiger partial charge in [-0.2, -0.15) is 0 Å². The van der Waals surface area contributed by atoms with Gasteiger partial charge in [-0.1, -0.05) is 12.1 Å². The Morgan fingerprint density at radius 1 is 1.19 bits per heavy atom. The highest BCUT2D eigenvalue weighted by molar-refractivity contribution is 5.84. The summed E-state index contributed by atoms with van der Waals surface area (Å²) < 4.78 is 0. The number of nitrogens with one attached hydrogen (secondary N) is 2. The van der Waals surface area contributed by atoms with Crippen LogP contribution in [0.2, 0.25) is 0 Å². The molecule has 2 amide bonds. The van der Waals surface area contributed by atoms with E-state index >= 15 is 0 Å². The van der Waals surface area contributed by atoms with Crippen molar-refractivity contribution in [1.29, 1.82) is 0 Å². The minimum Gasteiger partial charge on any atom is -0.508 e. The summed E-state index contributed by atoms with van der Waals surface area (Å²) in [6.07, 6.45) is 0.125. The van der Waals surface area contributed by atoms with Gasteiger partial charge in [-0.15, -0.1) is 0 Å². The SMILES string of the molecule is CC(=O)NCCC(=O)NC(Cc1ccc(O)cc1)C(=O)O. The third kappa shape index (κ3) is 6.42. The number of aliphatic carboxylic acids is 1. The number of benzene rings is 1. The Kier molecular flexibility index (Phi) is 6.19. The molecule has 0 aliphatic carbocycles. The first kappa shape index (κ1) is 16.5. The van der Waals surface area contributed by atoms with Crippen molar-refractivity contribution in [3.05, 3.63) is 29.8 Å². The maximum Gasteiger partial charge on any atom is 0.326 e. The van der Waals surface area contributed by atoms with Crippen LogP contribution in [0, 0.1) is 0 Å². The number of carboxylic acid groups (broad SMARTS) is 1. The summed E-state index contributed by atoms with van der Waals surface area (Å²) in [5.41, 5.74) is 0.683. The standard InChI is InChI=1S/C14H18N2O5/c1-9(17)15-7-6-13(19)16-12(14(20)21)8-10-2-4-11(18)5-3-10/h2-5,12,18H,6-8H2,1H3,(H,15,17)(H,16,19)(H,20,21). The van der Waals surface area contributed by atoms with Crippen molar-refractivity contribution in [2.75, 3.05) is 6.54 Å². The average Bonchev–Trinajstić information content (AvgIpc) is 2.40. The van der Waals surface area contributed by atoms with Gasteiger partial charge in [0.15, 0.2) is 0 Å². The molecule has 1 atom stereocenters. The number of rotatable bonds is 7. The molecule has 21 heavy (non-hydrogen) atoms. The van der Waals surface area contributed by atoms with Gasteiger partial charge in [0.1, 0.15) is 11.8 Å². The summed E-state index contributed by atoms with van der Waals surface area (Å²) in [7, 11) is 0. The van der Waals surface area contributed by atoms with Gasteiger partial charge in [0.05, 0.1) is 0 Å². The molecule has 0 spiro atoms. The summed E-state index contributed by atoms with van der Waals surface area (Å²) in [5.74, 6) is -1.75. The molecule has 1 unspecified atom stereocenters. The van der Waals surface area contributed by atoms with Gasteiger partial charge in [-0.25, -0.2) is 4.79 Å². The van der Waals surface area contributed by atoms with Crippen LogP contribution >= 0.6 is 0 Å². The van der Waals surface area contributed by atoms with E-state index in [2.05, 4.69) is 10.6 Å². The first-order chi connectivity index (χ1) is 9.88. The minimum atomic E-state index is -1.14. The van der Waals surface area contributed by atoms with Crippen LogP contribution in [0.1, 0.15) is 18.9 Å². The quantitative estimate of drug-likeness (QED) is 0.566. The number of phenols is 1. The Morgan fingerprint density at radius 2 is 1.81 bits per heavy atom. The maximum absolute atomic E-state index is 11.6. The van der Waals surface area contributed by atoms with Crippen LogP contribution in [-0.4, -0.2) is 40.6 Å². The molecule has 4 N–H and O–H groups in total. The number of hydrogen-bond acceptors (Lipinski definition) is 4. The largest absolute Gasteiger partial charge is 0.508 e. The first-order valence-electron chi connectivity index (χ1n) is 6.43. The lowest BCUT2D eigenvalue weighted by molar-refractivity contribution is -0.141. The van der Waals surface area contributed by atoms with Gasteiger partial charge < -0.3 is 20.8 Å². The van der Waals surface area contributed by atoms with E-state index in [0.29, 0.717) is 5.56 Å². The summed E-state index contributed by atoms with van der Waals surface area (Å²) in [5, 5.41) is 23.1. The van der Waals surface area contributed by atoms with Crippen molar-refractivity contribution in [3.8, 4) is 5.75 Å². The molecule has 0 radical (unpaired) electrons. The summed E-state index contributed by atoms with van der Waals surface area (Å²) in [6.45, 7) is 1.50. The second-order valence-corrected chi connectivity index (χ2v) is 4.56. The van der Waals surface area contributed by atoms with Crippen molar-refractivity contribution in [2.24, 2.45) is 0 Å². The lowest BCUT2D eigenvalue weighted by atomic mass is 10.1. The van der Waals surface area contributed by atoms with Gasteiger partial charge in [0.25, 0.3) is 0 Å². The summed E-state index contributed by atoms with van der Waals surface area (Å²) >= 11 is 0. The fourth-order valence-electron chi connectivity index (χ4n) is 1.69. The van der Waals surface area contributed by atoms with E-state index in [0.717, 1.165) is 0 Å². The zero-order valence-corrected chi connectivity index (χ0v) is 11.6. The fraction of sp³-hybridized carbons (Fsp3) is 0.357. The highest BCUT2D eigenvalue weighted by atomic mass is 16.4. The molecule has 1 aromatic carbocycles. The Morgan fingerprint density at radius 3 is 2.33 bits per heavy atom. The van der Waals surface area contributed by atoms with E-state index in [9.17, 15) is 14.4 Å². The van der Waals surface area contributed by atoms with E-state index in [-0.39, 0.29) is 31.0 Å². The van der Waals surface area contributed by atoms with Crippen LogP contribution in [-0.2, 0) is 20.8 Å². The van der Waals surface area contributed by atoms with Gasteiger partial charge in [0.2, 0.25) is 11.8 Å². The molecule has 114 valence electrons. The van der Waals surface area contributed by atoms with Crippen molar-refractivity contribution < 1.29 is 24.6 Å². The van der Waals surface area contributed by atoms with Crippen molar-refractivity contribution >= 4 is 17.8 Å². The highest BCUT2D eigenvalue weighted by Crippen LogP contribution is 2.11. The van der Waals surface area contributed by atoms with Crippen LogP contribution < -0.4 is 10.6 Å². The molecular weight excluding hydrogens is 276 g/mol. The number of carbonyl (C=O) groups excluding carboxylic acids is 2. The number of aromatic hydroxyl groups is 1. The topological polar surface area (TPSA) is 116 Å². The van der Waals surface area contributed by atoms with E-state index in [1.54, 1.807) is 12.1 Å². The Bertz CT molecular complexity index is 513. The number of hydrogen-bond donors (Lipinski definition) is 4. The molecule has 0 saturated heterocycles. The predicted molar refractivity (Wildman–Crippen MR) is 74.7 cm³/mol. The zero-order chi connectivity index (χ0) is 15.8. The Labute approximate surface area is 122 Å². The molecule has 0 aliphatic heterocycles. The smallest absolute Gasteiger partial charge is 0.326 e. The molecule has 0 aliphatic rings. The van der Waals surface area contributed by atoms with Gasteiger partial charge in [0, 0.05) is 26.3 Å². The lowest BCUT2D eigenvalue weighted by Crippen LogP contribution is -2.43. The van der Waals surface area contributed by atoms with Crippen LogP contribution in [0.15, 0.2) is 24.3 Å². The second kappa shape index (κ2) is 7.88. The normalized spacial score (nSPS) is 11.5. The number of amides is 2. The second-order valence-electron chi connectivity index (χ2n) is 4.56. The zero-order valence-electron chi connectivity index (χ0n) is 11.6. The first-order valence-corrected chi connectivity index (χ1v) is 6.43.